The van der Waals surface area contributed by atoms with Crippen LogP contribution >= 0.6 is 11.6 Å². The van der Waals surface area contributed by atoms with Crippen LogP contribution in [0.1, 0.15) is 22.7 Å². The van der Waals surface area contributed by atoms with E-state index in [-0.39, 0.29) is 29.9 Å². The molecule has 0 saturated carbocycles. The molecule has 1 aliphatic rings. The summed E-state index contributed by atoms with van der Waals surface area (Å²) < 4.78 is 32.6. The smallest absolute Gasteiger partial charge is 0.253 e. The van der Waals surface area contributed by atoms with Gasteiger partial charge in [0.15, 0.2) is 6.10 Å². The summed E-state index contributed by atoms with van der Waals surface area (Å²) in [6.45, 7) is 1.74. The Balaban J connectivity index is 1.68. The highest BCUT2D eigenvalue weighted by Crippen LogP contribution is 2.36. The highest BCUT2D eigenvalue weighted by atomic mass is 35.5. The maximum absolute atomic E-state index is 13.8. The molecule has 0 unspecified atom stereocenters. The van der Waals surface area contributed by atoms with Crippen molar-refractivity contribution in [2.75, 3.05) is 11.5 Å². The largest absolute Gasteiger partial charge is 0.356 e. The Morgan fingerprint density at radius 2 is 1.88 bits per heavy atom. The molecule has 1 saturated heterocycles. The van der Waals surface area contributed by atoms with Crippen LogP contribution in [0.15, 0.2) is 66.7 Å². The quantitative estimate of drug-likeness (QED) is 0.587. The molecule has 1 N–H and O–H groups in total. The second-order valence-electron chi connectivity index (χ2n) is 7.80. The number of halogens is 3. The van der Waals surface area contributed by atoms with Gasteiger partial charge in [-0.2, -0.15) is 0 Å². The van der Waals surface area contributed by atoms with Gasteiger partial charge in [0.2, 0.25) is 0 Å². The molecule has 4 rings (SSSR count). The van der Waals surface area contributed by atoms with Crippen LogP contribution in [0.5, 0.6) is 0 Å². The van der Waals surface area contributed by atoms with E-state index in [0.717, 1.165) is 5.56 Å². The summed E-state index contributed by atoms with van der Waals surface area (Å²) in [6.07, 6.45) is -1.03. The van der Waals surface area contributed by atoms with Crippen molar-refractivity contribution < 1.29 is 23.1 Å². The molecule has 0 bridgehead atoms. The van der Waals surface area contributed by atoms with Gasteiger partial charge < -0.3 is 10.1 Å². The summed E-state index contributed by atoms with van der Waals surface area (Å²) in [5, 5.41) is 2.67. The van der Waals surface area contributed by atoms with Gasteiger partial charge in [0, 0.05) is 12.2 Å². The van der Waals surface area contributed by atoms with Gasteiger partial charge in [-0.05, 0) is 48.4 Å². The Hall–Kier alpha value is -3.29. The molecule has 2 amide bonds. The monoisotopic (exact) mass is 470 g/mol. The number of nitrogens with one attached hydrogen (secondary N) is 1. The minimum absolute atomic E-state index is 0.132. The van der Waals surface area contributed by atoms with Crippen molar-refractivity contribution in [1.29, 1.82) is 0 Å². The molecule has 3 aromatic rings. The van der Waals surface area contributed by atoms with Gasteiger partial charge in [0.1, 0.15) is 18.2 Å². The number of carbonyl (C=O) groups excluding carboxylic acids is 2. The summed E-state index contributed by atoms with van der Waals surface area (Å²) in [5.41, 5.74) is 2.70. The summed E-state index contributed by atoms with van der Waals surface area (Å²) in [6, 6.07) is 16.3. The molecule has 1 fully saturated rings. The molecule has 1 heterocycles. The minimum atomic E-state index is -1.03. The summed E-state index contributed by atoms with van der Waals surface area (Å²) in [4.78, 5) is 27.5. The van der Waals surface area contributed by atoms with Crippen LogP contribution in [0.2, 0.25) is 5.02 Å². The molecular weight excluding hydrogens is 450 g/mol. The van der Waals surface area contributed by atoms with E-state index >= 15 is 0 Å². The topological polar surface area (TPSA) is 58.6 Å². The number of ether oxygens (including phenoxy) is 1. The Morgan fingerprint density at radius 1 is 1.12 bits per heavy atom. The van der Waals surface area contributed by atoms with Crippen LogP contribution in [0.3, 0.4) is 0 Å². The number of amides is 2. The van der Waals surface area contributed by atoms with E-state index in [9.17, 15) is 18.4 Å². The van der Waals surface area contributed by atoms with Crippen molar-refractivity contribution >= 4 is 29.1 Å². The van der Waals surface area contributed by atoms with Crippen molar-refractivity contribution in [3.05, 3.63) is 100 Å². The fourth-order valence-corrected chi connectivity index (χ4v) is 4.02. The molecule has 0 radical (unpaired) electrons. The van der Waals surface area contributed by atoms with E-state index in [1.165, 1.54) is 35.2 Å². The normalized spacial score (nSPS) is 18.3. The van der Waals surface area contributed by atoms with Gasteiger partial charge in [0.05, 0.1) is 11.1 Å². The fraction of sp³-hybridized carbons (Fsp3) is 0.200. The van der Waals surface area contributed by atoms with Crippen LogP contribution in [-0.2, 0) is 20.9 Å². The summed E-state index contributed by atoms with van der Waals surface area (Å²) in [5.74, 6) is -1.79. The van der Waals surface area contributed by atoms with Crippen molar-refractivity contribution in [3.8, 4) is 0 Å². The first-order chi connectivity index (χ1) is 15.8. The molecule has 0 spiro atoms. The average Bonchev–Trinajstić information content (AvgIpc) is 2.80. The first-order valence-electron chi connectivity index (χ1n) is 10.3. The third-order valence-electron chi connectivity index (χ3n) is 5.42. The number of hydrogen-bond donors (Lipinski definition) is 1. The lowest BCUT2D eigenvalue weighted by atomic mass is 9.95. The standard InChI is InChI=1S/C25H21ClF2N2O3/c1-15-3-2-4-17(11-15)23-24(25(32)29-13-16-5-7-18(27)8-6-16)33-14-22(31)30(23)19-9-10-21(28)20(26)12-19/h2-12,23-24H,13-14H2,1H3,(H,29,32)/t23-,24+/m1/s1. The lowest BCUT2D eigenvalue weighted by Gasteiger charge is -2.40. The first kappa shape index (κ1) is 22.9. The molecular formula is C25H21ClF2N2O3. The molecule has 5 nitrogen and oxygen atoms in total. The molecule has 3 aromatic carbocycles. The van der Waals surface area contributed by atoms with Crippen LogP contribution in [-0.4, -0.2) is 24.5 Å². The number of carbonyl (C=O) groups is 2. The van der Waals surface area contributed by atoms with Gasteiger partial charge in [-0.3, -0.25) is 14.5 Å². The van der Waals surface area contributed by atoms with Gasteiger partial charge >= 0.3 is 0 Å². The van der Waals surface area contributed by atoms with Crippen LogP contribution in [0.4, 0.5) is 14.5 Å². The Kier molecular flexibility index (Phi) is 6.72. The number of hydrogen-bond acceptors (Lipinski definition) is 3. The van der Waals surface area contributed by atoms with Crippen molar-refractivity contribution in [2.45, 2.75) is 25.6 Å². The number of benzene rings is 3. The van der Waals surface area contributed by atoms with E-state index in [0.29, 0.717) is 16.8 Å². The Morgan fingerprint density at radius 3 is 2.58 bits per heavy atom. The van der Waals surface area contributed by atoms with Crippen molar-refractivity contribution in [1.82, 2.24) is 5.32 Å². The van der Waals surface area contributed by atoms with Crippen LogP contribution < -0.4 is 10.2 Å². The number of rotatable bonds is 5. The van der Waals surface area contributed by atoms with Crippen LogP contribution in [0, 0.1) is 18.6 Å². The average molecular weight is 471 g/mol. The molecule has 2 atom stereocenters. The lowest BCUT2D eigenvalue weighted by molar-refractivity contribution is -0.144. The minimum Gasteiger partial charge on any atom is -0.356 e. The fourth-order valence-electron chi connectivity index (χ4n) is 3.84. The van der Waals surface area contributed by atoms with Gasteiger partial charge in [-0.1, -0.05) is 53.6 Å². The third-order valence-corrected chi connectivity index (χ3v) is 5.71. The molecule has 0 aromatic heterocycles. The maximum Gasteiger partial charge on any atom is 0.253 e. The van der Waals surface area contributed by atoms with E-state index in [1.807, 2.05) is 25.1 Å². The molecule has 8 heteroatoms. The van der Waals surface area contributed by atoms with E-state index in [1.54, 1.807) is 18.2 Å². The van der Waals surface area contributed by atoms with Crippen LogP contribution in [0.25, 0.3) is 0 Å². The van der Waals surface area contributed by atoms with Gasteiger partial charge in [-0.25, -0.2) is 8.78 Å². The second-order valence-corrected chi connectivity index (χ2v) is 8.20. The number of morpholine rings is 1. The molecule has 170 valence electrons. The van der Waals surface area contributed by atoms with Gasteiger partial charge in [0.25, 0.3) is 11.8 Å². The van der Waals surface area contributed by atoms with E-state index < -0.39 is 23.9 Å². The highest BCUT2D eigenvalue weighted by Gasteiger charge is 2.42. The van der Waals surface area contributed by atoms with E-state index in [2.05, 4.69) is 5.32 Å². The molecule has 0 aliphatic carbocycles. The number of anilines is 1. The highest BCUT2D eigenvalue weighted by molar-refractivity contribution is 6.31. The zero-order chi connectivity index (χ0) is 23.5. The summed E-state index contributed by atoms with van der Waals surface area (Å²) >= 11 is 5.98. The van der Waals surface area contributed by atoms with Gasteiger partial charge in [-0.15, -0.1) is 0 Å². The van der Waals surface area contributed by atoms with Crippen molar-refractivity contribution in [3.63, 3.8) is 0 Å². The predicted molar refractivity (Wildman–Crippen MR) is 121 cm³/mol. The molecule has 1 aliphatic heterocycles. The Bertz CT molecular complexity index is 1190. The van der Waals surface area contributed by atoms with Crippen molar-refractivity contribution in [2.24, 2.45) is 0 Å². The second kappa shape index (κ2) is 9.68. The lowest BCUT2D eigenvalue weighted by Crippen LogP contribution is -2.54. The first-order valence-corrected chi connectivity index (χ1v) is 10.7. The van der Waals surface area contributed by atoms with E-state index in [4.69, 9.17) is 16.3 Å². The number of aryl methyl sites for hydroxylation is 1. The predicted octanol–water partition coefficient (Wildman–Crippen LogP) is 4.72. The Labute approximate surface area is 194 Å². The number of nitrogens with zero attached hydrogens (tertiary/aromatic N) is 1. The zero-order valence-corrected chi connectivity index (χ0v) is 18.5. The maximum atomic E-state index is 13.8. The SMILES string of the molecule is Cc1cccc([C@@H]2[C@@H](C(=O)NCc3ccc(F)cc3)OCC(=O)N2c2ccc(F)c(Cl)c2)c1. The third kappa shape index (κ3) is 5.05. The zero-order valence-electron chi connectivity index (χ0n) is 17.7. The molecule has 33 heavy (non-hydrogen) atoms. The summed E-state index contributed by atoms with van der Waals surface area (Å²) in [7, 11) is 0.